The van der Waals surface area contributed by atoms with Gasteiger partial charge in [0.25, 0.3) is 0 Å². The van der Waals surface area contributed by atoms with Crippen LogP contribution in [0.3, 0.4) is 0 Å². The molecule has 1 aromatic carbocycles. The van der Waals surface area contributed by atoms with E-state index in [1.807, 2.05) is 12.1 Å². The van der Waals surface area contributed by atoms with Crippen molar-refractivity contribution in [3.8, 4) is 11.4 Å². The summed E-state index contributed by atoms with van der Waals surface area (Å²) in [5.74, 6) is 0.511. The van der Waals surface area contributed by atoms with Gasteiger partial charge in [0.1, 0.15) is 0 Å². The highest BCUT2D eigenvalue weighted by Crippen LogP contribution is 2.18. The smallest absolute Gasteiger partial charge is 0.181 e. The van der Waals surface area contributed by atoms with Crippen LogP contribution in [0.15, 0.2) is 30.5 Å². The second-order valence-electron chi connectivity index (χ2n) is 2.61. The Kier molecular flexibility index (Phi) is 2.61. The van der Waals surface area contributed by atoms with Gasteiger partial charge < -0.3 is 0 Å². The molecule has 0 aliphatic heterocycles. The Hall–Kier alpha value is -1.19. The minimum absolute atomic E-state index is 0.274. The molecule has 2 rings (SSSR count). The molecule has 0 radical (unpaired) electrons. The van der Waals surface area contributed by atoms with Crippen molar-refractivity contribution in [1.82, 2.24) is 15.2 Å². The quantitative estimate of drug-likeness (QED) is 0.750. The maximum absolute atomic E-state index is 5.82. The van der Waals surface area contributed by atoms with Crippen molar-refractivity contribution >= 4 is 23.2 Å². The van der Waals surface area contributed by atoms with Gasteiger partial charge in [-0.05, 0) is 12.1 Å². The van der Waals surface area contributed by atoms with Gasteiger partial charge in [-0.1, -0.05) is 35.3 Å². The number of halogens is 2. The molecule has 0 saturated heterocycles. The van der Waals surface area contributed by atoms with Crippen LogP contribution < -0.4 is 0 Å². The zero-order valence-electron chi connectivity index (χ0n) is 6.98. The first-order chi connectivity index (χ1) is 6.75. The highest BCUT2D eigenvalue weighted by Gasteiger charge is 2.01. The summed E-state index contributed by atoms with van der Waals surface area (Å²) in [6.07, 6.45) is 1.45. The molecular weight excluding hydrogens is 221 g/mol. The zero-order chi connectivity index (χ0) is 9.97. The van der Waals surface area contributed by atoms with Crippen LogP contribution in [-0.4, -0.2) is 15.2 Å². The van der Waals surface area contributed by atoms with Gasteiger partial charge in [-0.15, -0.1) is 10.2 Å². The molecule has 0 fully saturated rings. The van der Waals surface area contributed by atoms with Crippen molar-refractivity contribution in [1.29, 1.82) is 0 Å². The van der Waals surface area contributed by atoms with E-state index in [0.717, 1.165) is 5.56 Å². The number of hydrogen-bond acceptors (Lipinski definition) is 3. The third-order valence-electron chi connectivity index (χ3n) is 1.62. The minimum atomic E-state index is 0.274. The SMILES string of the molecule is Clc1cccc(-c2ncc(Cl)nn2)c1. The first-order valence-corrected chi connectivity index (χ1v) is 4.62. The molecule has 2 aromatic rings. The van der Waals surface area contributed by atoms with Gasteiger partial charge in [-0.25, -0.2) is 4.98 Å². The summed E-state index contributed by atoms with van der Waals surface area (Å²) in [5, 5.41) is 8.45. The first-order valence-electron chi connectivity index (χ1n) is 3.87. The van der Waals surface area contributed by atoms with E-state index in [-0.39, 0.29) is 5.15 Å². The fourth-order valence-corrected chi connectivity index (χ4v) is 1.30. The minimum Gasteiger partial charge on any atom is -0.232 e. The fourth-order valence-electron chi connectivity index (χ4n) is 1.02. The standard InChI is InChI=1S/C9H5Cl2N3/c10-7-3-1-2-6(4-7)9-12-5-8(11)13-14-9/h1-5H. The predicted octanol–water partition coefficient (Wildman–Crippen LogP) is 2.85. The van der Waals surface area contributed by atoms with E-state index in [4.69, 9.17) is 23.2 Å². The van der Waals surface area contributed by atoms with Crippen LogP contribution in [0.4, 0.5) is 0 Å². The third-order valence-corrected chi connectivity index (χ3v) is 2.02. The van der Waals surface area contributed by atoms with Crippen LogP contribution in [0.2, 0.25) is 10.2 Å². The highest BCUT2D eigenvalue weighted by molar-refractivity contribution is 6.30. The number of benzene rings is 1. The molecule has 0 N–H and O–H groups in total. The topological polar surface area (TPSA) is 38.7 Å². The van der Waals surface area contributed by atoms with Crippen molar-refractivity contribution in [2.45, 2.75) is 0 Å². The van der Waals surface area contributed by atoms with E-state index in [9.17, 15) is 0 Å². The van der Waals surface area contributed by atoms with E-state index >= 15 is 0 Å². The number of rotatable bonds is 1. The Morgan fingerprint density at radius 2 is 1.93 bits per heavy atom. The molecule has 0 saturated carbocycles. The van der Waals surface area contributed by atoms with Gasteiger partial charge in [0.15, 0.2) is 11.0 Å². The molecule has 70 valence electrons. The lowest BCUT2D eigenvalue weighted by Crippen LogP contribution is -1.91. The van der Waals surface area contributed by atoms with E-state index in [0.29, 0.717) is 10.8 Å². The molecule has 1 aromatic heterocycles. The number of nitrogens with zero attached hydrogens (tertiary/aromatic N) is 3. The molecule has 0 atom stereocenters. The third kappa shape index (κ3) is 2.00. The van der Waals surface area contributed by atoms with E-state index in [1.165, 1.54) is 6.20 Å². The monoisotopic (exact) mass is 225 g/mol. The van der Waals surface area contributed by atoms with Gasteiger partial charge in [-0.2, -0.15) is 0 Å². The lowest BCUT2D eigenvalue weighted by atomic mass is 10.2. The van der Waals surface area contributed by atoms with Gasteiger partial charge >= 0.3 is 0 Å². The van der Waals surface area contributed by atoms with Crippen LogP contribution >= 0.6 is 23.2 Å². The Morgan fingerprint density at radius 1 is 1.07 bits per heavy atom. The molecule has 0 aliphatic rings. The lowest BCUT2D eigenvalue weighted by Gasteiger charge is -1.98. The molecule has 0 unspecified atom stereocenters. The second-order valence-corrected chi connectivity index (χ2v) is 3.44. The summed E-state index contributed by atoms with van der Waals surface area (Å²) in [6, 6.07) is 7.24. The summed E-state index contributed by atoms with van der Waals surface area (Å²) in [7, 11) is 0. The predicted molar refractivity (Wildman–Crippen MR) is 55.3 cm³/mol. The average Bonchev–Trinajstić information content (AvgIpc) is 2.19. The maximum atomic E-state index is 5.82. The van der Waals surface area contributed by atoms with E-state index in [2.05, 4.69) is 15.2 Å². The molecular formula is C9H5Cl2N3. The van der Waals surface area contributed by atoms with Crippen LogP contribution in [0, 0.1) is 0 Å². The van der Waals surface area contributed by atoms with Gasteiger partial charge in [-0.3, -0.25) is 0 Å². The lowest BCUT2D eigenvalue weighted by molar-refractivity contribution is 0.980. The maximum Gasteiger partial charge on any atom is 0.181 e. The summed E-state index contributed by atoms with van der Waals surface area (Å²) in [5.41, 5.74) is 0.821. The summed E-state index contributed by atoms with van der Waals surface area (Å²) in [6.45, 7) is 0. The largest absolute Gasteiger partial charge is 0.232 e. The van der Waals surface area contributed by atoms with Gasteiger partial charge in [0.2, 0.25) is 0 Å². The van der Waals surface area contributed by atoms with Gasteiger partial charge in [0, 0.05) is 10.6 Å². The van der Waals surface area contributed by atoms with Crippen LogP contribution in [0.25, 0.3) is 11.4 Å². The zero-order valence-corrected chi connectivity index (χ0v) is 8.50. The van der Waals surface area contributed by atoms with Crippen molar-refractivity contribution in [3.63, 3.8) is 0 Å². The highest BCUT2D eigenvalue weighted by atomic mass is 35.5. The number of hydrogen-bond donors (Lipinski definition) is 0. The van der Waals surface area contributed by atoms with Crippen LogP contribution in [0.1, 0.15) is 0 Å². The second kappa shape index (κ2) is 3.90. The molecule has 1 heterocycles. The molecule has 5 heteroatoms. The normalized spacial score (nSPS) is 10.1. The number of aromatic nitrogens is 3. The Bertz CT molecular complexity index is 442. The van der Waals surface area contributed by atoms with Crippen LogP contribution in [0.5, 0.6) is 0 Å². The Morgan fingerprint density at radius 3 is 2.57 bits per heavy atom. The molecule has 0 aliphatic carbocycles. The van der Waals surface area contributed by atoms with E-state index < -0.39 is 0 Å². The molecule has 0 bridgehead atoms. The molecule has 0 spiro atoms. The van der Waals surface area contributed by atoms with Gasteiger partial charge in [0.05, 0.1) is 6.20 Å². The summed E-state index contributed by atoms with van der Waals surface area (Å²) < 4.78 is 0. The fraction of sp³-hybridized carbons (Fsp3) is 0. The first kappa shape index (κ1) is 9.37. The van der Waals surface area contributed by atoms with Crippen molar-refractivity contribution in [3.05, 3.63) is 40.6 Å². The Balaban J connectivity index is 2.44. The summed E-state index contributed by atoms with van der Waals surface area (Å²) >= 11 is 11.4. The molecule has 0 amide bonds. The average molecular weight is 226 g/mol. The van der Waals surface area contributed by atoms with E-state index in [1.54, 1.807) is 12.1 Å². The van der Waals surface area contributed by atoms with Crippen molar-refractivity contribution in [2.24, 2.45) is 0 Å². The molecule has 14 heavy (non-hydrogen) atoms. The molecule has 3 nitrogen and oxygen atoms in total. The van der Waals surface area contributed by atoms with Crippen molar-refractivity contribution < 1.29 is 0 Å². The summed E-state index contributed by atoms with van der Waals surface area (Å²) in [4.78, 5) is 4.03. The Labute approximate surface area is 90.7 Å². The van der Waals surface area contributed by atoms with Crippen LogP contribution in [-0.2, 0) is 0 Å². The van der Waals surface area contributed by atoms with Crippen molar-refractivity contribution in [2.75, 3.05) is 0 Å².